The number of halogens is 3. The predicted octanol–water partition coefficient (Wildman–Crippen LogP) is 5.67. The van der Waals surface area contributed by atoms with E-state index in [9.17, 15) is 0 Å². The molecular formula is C21H27Cl3N2O2. The molecule has 0 heterocycles. The Labute approximate surface area is 182 Å². The van der Waals surface area contributed by atoms with Crippen molar-refractivity contribution in [1.82, 2.24) is 10.2 Å². The standard InChI is InChI=1S/C21H27Cl3N2O2/c1-4-26(5-2)10-9-25-13-15-11-20(27-3)21(12-19(15)24)28-14-16-17(22)7-6-8-18(16)23/h6-8,11-12,25H,4-5,9-10,13-14H2,1-3H3. The molecule has 154 valence electrons. The van der Waals surface area contributed by atoms with Crippen LogP contribution in [0.4, 0.5) is 0 Å². The molecule has 28 heavy (non-hydrogen) atoms. The molecule has 7 heteroatoms. The summed E-state index contributed by atoms with van der Waals surface area (Å²) >= 11 is 18.9. The highest BCUT2D eigenvalue weighted by Crippen LogP contribution is 2.35. The molecule has 0 saturated carbocycles. The number of nitrogens with zero attached hydrogens (tertiary/aromatic N) is 1. The lowest BCUT2D eigenvalue weighted by atomic mass is 10.2. The zero-order valence-electron chi connectivity index (χ0n) is 16.5. The molecule has 0 saturated heterocycles. The lowest BCUT2D eigenvalue weighted by Crippen LogP contribution is -2.31. The fraction of sp³-hybridized carbons (Fsp3) is 0.429. The molecule has 1 N–H and O–H groups in total. The first-order valence-corrected chi connectivity index (χ1v) is 10.5. The fourth-order valence-corrected chi connectivity index (χ4v) is 3.53. The smallest absolute Gasteiger partial charge is 0.163 e. The fourth-order valence-electron chi connectivity index (χ4n) is 2.81. The Morgan fingerprint density at radius 1 is 0.964 bits per heavy atom. The molecule has 0 unspecified atom stereocenters. The van der Waals surface area contributed by atoms with E-state index in [-0.39, 0.29) is 6.61 Å². The van der Waals surface area contributed by atoms with Gasteiger partial charge in [-0.2, -0.15) is 0 Å². The third-order valence-electron chi connectivity index (χ3n) is 4.58. The minimum atomic E-state index is 0.229. The third-order valence-corrected chi connectivity index (χ3v) is 5.64. The summed E-state index contributed by atoms with van der Waals surface area (Å²) in [6.07, 6.45) is 0. The van der Waals surface area contributed by atoms with Crippen LogP contribution < -0.4 is 14.8 Å². The average molecular weight is 446 g/mol. The summed E-state index contributed by atoms with van der Waals surface area (Å²) < 4.78 is 11.4. The molecule has 0 aromatic heterocycles. The normalized spacial score (nSPS) is 11.1. The second kappa shape index (κ2) is 11.7. The molecule has 0 bridgehead atoms. The molecule has 0 spiro atoms. The molecule has 2 aromatic carbocycles. The Bertz CT molecular complexity index is 747. The van der Waals surface area contributed by atoms with Gasteiger partial charge in [-0.1, -0.05) is 54.7 Å². The predicted molar refractivity (Wildman–Crippen MR) is 118 cm³/mol. The largest absolute Gasteiger partial charge is 0.493 e. The number of nitrogens with one attached hydrogen (secondary N) is 1. The van der Waals surface area contributed by atoms with Crippen LogP contribution in [0.3, 0.4) is 0 Å². The van der Waals surface area contributed by atoms with E-state index in [1.165, 1.54) is 0 Å². The zero-order chi connectivity index (χ0) is 20.5. The SMILES string of the molecule is CCN(CC)CCNCc1cc(OC)c(OCc2c(Cl)cccc2Cl)cc1Cl. The monoisotopic (exact) mass is 444 g/mol. The number of rotatable bonds is 11. The van der Waals surface area contributed by atoms with Crippen molar-refractivity contribution < 1.29 is 9.47 Å². The van der Waals surface area contributed by atoms with E-state index in [1.54, 1.807) is 31.4 Å². The van der Waals surface area contributed by atoms with E-state index >= 15 is 0 Å². The molecule has 0 atom stereocenters. The number of hydrogen-bond acceptors (Lipinski definition) is 4. The van der Waals surface area contributed by atoms with Crippen LogP contribution in [0.5, 0.6) is 11.5 Å². The van der Waals surface area contributed by atoms with Crippen molar-refractivity contribution in [3.63, 3.8) is 0 Å². The van der Waals surface area contributed by atoms with Gasteiger partial charge in [0.25, 0.3) is 0 Å². The van der Waals surface area contributed by atoms with Gasteiger partial charge in [0, 0.05) is 46.3 Å². The van der Waals surface area contributed by atoms with Crippen LogP contribution in [-0.4, -0.2) is 38.2 Å². The van der Waals surface area contributed by atoms with Gasteiger partial charge >= 0.3 is 0 Å². The molecule has 0 radical (unpaired) electrons. The Morgan fingerprint density at radius 2 is 1.64 bits per heavy atom. The van der Waals surface area contributed by atoms with Gasteiger partial charge in [-0.15, -0.1) is 0 Å². The van der Waals surface area contributed by atoms with Gasteiger partial charge in [0.05, 0.1) is 7.11 Å². The van der Waals surface area contributed by atoms with Gasteiger partial charge in [0.15, 0.2) is 11.5 Å². The second-order valence-corrected chi connectivity index (χ2v) is 7.51. The first-order valence-electron chi connectivity index (χ1n) is 9.35. The molecule has 0 aliphatic rings. The Kier molecular flexibility index (Phi) is 9.69. The van der Waals surface area contributed by atoms with E-state index in [2.05, 4.69) is 24.1 Å². The molecule has 0 amide bonds. The van der Waals surface area contributed by atoms with Crippen LogP contribution in [0.15, 0.2) is 30.3 Å². The third kappa shape index (κ3) is 6.43. The van der Waals surface area contributed by atoms with Crippen molar-refractivity contribution in [2.75, 3.05) is 33.3 Å². The Balaban J connectivity index is 2.02. The maximum Gasteiger partial charge on any atom is 0.163 e. The minimum absolute atomic E-state index is 0.229. The van der Waals surface area contributed by atoms with Gasteiger partial charge in [0.1, 0.15) is 6.61 Å². The highest BCUT2D eigenvalue weighted by Gasteiger charge is 2.13. The van der Waals surface area contributed by atoms with E-state index in [1.807, 2.05) is 6.07 Å². The zero-order valence-corrected chi connectivity index (χ0v) is 18.8. The number of methoxy groups -OCH3 is 1. The average Bonchev–Trinajstić information content (AvgIpc) is 2.69. The van der Waals surface area contributed by atoms with Crippen LogP contribution in [-0.2, 0) is 13.2 Å². The minimum Gasteiger partial charge on any atom is -0.493 e. The van der Waals surface area contributed by atoms with Crippen LogP contribution in [0.25, 0.3) is 0 Å². The highest BCUT2D eigenvalue weighted by molar-refractivity contribution is 6.36. The molecule has 0 aliphatic carbocycles. The van der Waals surface area contributed by atoms with E-state index in [0.29, 0.717) is 33.1 Å². The van der Waals surface area contributed by atoms with Crippen LogP contribution >= 0.6 is 34.8 Å². The number of hydrogen-bond donors (Lipinski definition) is 1. The summed E-state index contributed by atoms with van der Waals surface area (Å²) in [5.41, 5.74) is 1.69. The maximum absolute atomic E-state index is 6.46. The lowest BCUT2D eigenvalue weighted by molar-refractivity contribution is 0.284. The van der Waals surface area contributed by atoms with Crippen molar-refractivity contribution >= 4 is 34.8 Å². The molecular weight excluding hydrogens is 419 g/mol. The summed E-state index contributed by atoms with van der Waals surface area (Å²) in [4.78, 5) is 2.37. The van der Waals surface area contributed by atoms with Crippen molar-refractivity contribution in [3.8, 4) is 11.5 Å². The van der Waals surface area contributed by atoms with E-state index < -0.39 is 0 Å². The molecule has 4 nitrogen and oxygen atoms in total. The van der Waals surface area contributed by atoms with Crippen LogP contribution in [0.2, 0.25) is 15.1 Å². The first-order chi connectivity index (χ1) is 13.5. The van der Waals surface area contributed by atoms with Gasteiger partial charge < -0.3 is 19.7 Å². The van der Waals surface area contributed by atoms with Crippen molar-refractivity contribution in [3.05, 3.63) is 56.5 Å². The number of likely N-dealkylation sites (N-methyl/N-ethyl adjacent to an activating group) is 1. The summed E-state index contributed by atoms with van der Waals surface area (Å²) in [5, 5.41) is 5.17. The van der Waals surface area contributed by atoms with Crippen molar-refractivity contribution in [2.45, 2.75) is 27.0 Å². The highest BCUT2D eigenvalue weighted by atomic mass is 35.5. The first kappa shape index (κ1) is 23.1. The van der Waals surface area contributed by atoms with Gasteiger partial charge in [-0.3, -0.25) is 0 Å². The van der Waals surface area contributed by atoms with Crippen LogP contribution in [0, 0.1) is 0 Å². The lowest BCUT2D eigenvalue weighted by Gasteiger charge is -2.18. The van der Waals surface area contributed by atoms with Crippen molar-refractivity contribution in [1.29, 1.82) is 0 Å². The number of benzene rings is 2. The second-order valence-electron chi connectivity index (χ2n) is 6.29. The van der Waals surface area contributed by atoms with Crippen LogP contribution in [0.1, 0.15) is 25.0 Å². The summed E-state index contributed by atoms with van der Waals surface area (Å²) in [6, 6.07) is 9.03. The van der Waals surface area contributed by atoms with Gasteiger partial charge in [0.2, 0.25) is 0 Å². The van der Waals surface area contributed by atoms with E-state index in [0.717, 1.165) is 37.3 Å². The molecule has 2 aromatic rings. The van der Waals surface area contributed by atoms with Crippen molar-refractivity contribution in [2.24, 2.45) is 0 Å². The maximum atomic E-state index is 6.46. The van der Waals surface area contributed by atoms with Gasteiger partial charge in [-0.05, 0) is 36.9 Å². The topological polar surface area (TPSA) is 33.7 Å². The molecule has 0 aliphatic heterocycles. The Morgan fingerprint density at radius 3 is 2.25 bits per heavy atom. The molecule has 2 rings (SSSR count). The Hall–Kier alpha value is -1.17. The molecule has 0 fully saturated rings. The summed E-state index contributed by atoms with van der Waals surface area (Å²) in [6.45, 7) is 9.22. The quantitative estimate of drug-likeness (QED) is 0.452. The summed E-state index contributed by atoms with van der Waals surface area (Å²) in [5.74, 6) is 1.17. The number of ether oxygens (including phenoxy) is 2. The summed E-state index contributed by atoms with van der Waals surface area (Å²) in [7, 11) is 1.61. The van der Waals surface area contributed by atoms with E-state index in [4.69, 9.17) is 44.3 Å². The van der Waals surface area contributed by atoms with Gasteiger partial charge in [-0.25, -0.2) is 0 Å².